The normalized spacial score (nSPS) is 22.2. The number of hydrogen-bond donors (Lipinski definition) is 0. The fourth-order valence-electron chi connectivity index (χ4n) is 2.89. The van der Waals surface area contributed by atoms with Crippen molar-refractivity contribution in [1.29, 1.82) is 0 Å². The molecular formula is C15H25NS. The summed E-state index contributed by atoms with van der Waals surface area (Å²) in [6, 6.07) is 0. The van der Waals surface area contributed by atoms with E-state index in [0.717, 1.165) is 0 Å². The van der Waals surface area contributed by atoms with Gasteiger partial charge in [-0.25, -0.2) is 4.98 Å². The molecule has 0 bridgehead atoms. The highest BCUT2D eigenvalue weighted by atomic mass is 32.1. The lowest BCUT2D eigenvalue weighted by atomic mass is 9.79. The predicted octanol–water partition coefficient (Wildman–Crippen LogP) is 5.23. The number of hydrogen-bond acceptors (Lipinski definition) is 2. The smallest absolute Gasteiger partial charge is 0.0986 e. The van der Waals surface area contributed by atoms with E-state index in [1.54, 1.807) is 0 Å². The van der Waals surface area contributed by atoms with E-state index in [1.165, 1.54) is 67.7 Å². The molecule has 1 nitrogen and oxygen atoms in total. The molecule has 1 saturated carbocycles. The van der Waals surface area contributed by atoms with Crippen LogP contribution in [0.25, 0.3) is 0 Å². The van der Waals surface area contributed by atoms with E-state index >= 15 is 0 Å². The molecular weight excluding hydrogens is 226 g/mol. The number of nitrogens with zero attached hydrogens (tertiary/aromatic N) is 1. The van der Waals surface area contributed by atoms with E-state index in [2.05, 4.69) is 18.8 Å². The summed E-state index contributed by atoms with van der Waals surface area (Å²) in [5.41, 5.74) is 0.357. The highest BCUT2D eigenvalue weighted by Crippen LogP contribution is 2.38. The third-order valence-corrected chi connectivity index (χ3v) is 5.31. The molecule has 1 heterocycles. The second-order valence-electron chi connectivity index (χ2n) is 5.81. The first-order chi connectivity index (χ1) is 8.21. The molecule has 96 valence electrons. The maximum atomic E-state index is 4.66. The summed E-state index contributed by atoms with van der Waals surface area (Å²) >= 11 is 1.91. The largest absolute Gasteiger partial charge is 0.249 e. The molecule has 0 amide bonds. The second-order valence-corrected chi connectivity index (χ2v) is 7.05. The van der Waals surface area contributed by atoms with Crippen molar-refractivity contribution in [2.24, 2.45) is 0 Å². The number of thiazole rings is 1. The van der Waals surface area contributed by atoms with Crippen molar-refractivity contribution >= 4 is 11.3 Å². The van der Waals surface area contributed by atoms with Gasteiger partial charge >= 0.3 is 0 Å². The summed E-state index contributed by atoms with van der Waals surface area (Å²) in [7, 11) is 0. The van der Waals surface area contributed by atoms with Crippen LogP contribution in [0.15, 0.2) is 6.20 Å². The van der Waals surface area contributed by atoms with Gasteiger partial charge in [-0.2, -0.15) is 0 Å². The SMILES string of the molecule is Cc1cnc(C2(C)CCCCCCCCC2)s1. The van der Waals surface area contributed by atoms with Gasteiger partial charge in [-0.1, -0.05) is 51.9 Å². The van der Waals surface area contributed by atoms with E-state index < -0.39 is 0 Å². The van der Waals surface area contributed by atoms with Crippen LogP contribution in [0.1, 0.15) is 74.6 Å². The molecule has 1 aliphatic carbocycles. The Morgan fingerprint density at radius 3 is 2.00 bits per heavy atom. The van der Waals surface area contributed by atoms with Crippen LogP contribution < -0.4 is 0 Å². The van der Waals surface area contributed by atoms with Crippen LogP contribution in [0.4, 0.5) is 0 Å². The summed E-state index contributed by atoms with van der Waals surface area (Å²) < 4.78 is 0. The number of aromatic nitrogens is 1. The first-order valence-corrected chi connectivity index (χ1v) is 7.95. The van der Waals surface area contributed by atoms with Crippen molar-refractivity contribution in [2.45, 2.75) is 77.0 Å². The quantitative estimate of drug-likeness (QED) is 0.665. The van der Waals surface area contributed by atoms with Gasteiger partial charge in [0.2, 0.25) is 0 Å². The molecule has 1 aromatic rings. The van der Waals surface area contributed by atoms with Gasteiger partial charge in [-0.15, -0.1) is 11.3 Å². The van der Waals surface area contributed by atoms with Crippen molar-refractivity contribution in [3.8, 4) is 0 Å². The van der Waals surface area contributed by atoms with Crippen molar-refractivity contribution in [2.75, 3.05) is 0 Å². The molecule has 0 spiro atoms. The van der Waals surface area contributed by atoms with Gasteiger partial charge in [0.1, 0.15) is 0 Å². The Balaban J connectivity index is 2.07. The highest BCUT2D eigenvalue weighted by Gasteiger charge is 2.28. The van der Waals surface area contributed by atoms with Crippen LogP contribution >= 0.6 is 11.3 Å². The zero-order chi connectivity index (χ0) is 12.1. The Bertz CT molecular complexity index is 332. The molecule has 0 aliphatic heterocycles. The lowest BCUT2D eigenvalue weighted by Crippen LogP contribution is -2.22. The van der Waals surface area contributed by atoms with Gasteiger partial charge in [0.05, 0.1) is 5.01 Å². The highest BCUT2D eigenvalue weighted by molar-refractivity contribution is 7.11. The summed E-state index contributed by atoms with van der Waals surface area (Å²) in [5, 5.41) is 1.38. The molecule has 0 saturated heterocycles. The number of aryl methyl sites for hydroxylation is 1. The summed E-state index contributed by atoms with van der Waals surface area (Å²) in [6.07, 6.45) is 14.6. The fourth-order valence-corrected chi connectivity index (χ4v) is 3.85. The minimum atomic E-state index is 0.357. The molecule has 17 heavy (non-hydrogen) atoms. The Kier molecular flexibility index (Phi) is 4.61. The van der Waals surface area contributed by atoms with Crippen LogP contribution in [0.3, 0.4) is 0 Å². The average Bonchev–Trinajstić information content (AvgIpc) is 2.75. The van der Waals surface area contributed by atoms with E-state index in [4.69, 9.17) is 0 Å². The lowest BCUT2D eigenvalue weighted by molar-refractivity contribution is 0.350. The van der Waals surface area contributed by atoms with Crippen LogP contribution in [-0.4, -0.2) is 4.98 Å². The second kappa shape index (κ2) is 5.99. The van der Waals surface area contributed by atoms with Crippen molar-refractivity contribution < 1.29 is 0 Å². The standard InChI is InChI=1S/C15H25NS/c1-13-12-16-14(17-13)15(2)10-8-6-4-3-5-7-9-11-15/h12H,3-11H2,1-2H3. The summed E-state index contributed by atoms with van der Waals surface area (Å²) in [5.74, 6) is 0. The Hall–Kier alpha value is -0.370. The topological polar surface area (TPSA) is 12.9 Å². The van der Waals surface area contributed by atoms with Gasteiger partial charge < -0.3 is 0 Å². The fraction of sp³-hybridized carbons (Fsp3) is 0.800. The zero-order valence-electron chi connectivity index (χ0n) is 11.3. The molecule has 0 unspecified atom stereocenters. The minimum Gasteiger partial charge on any atom is -0.249 e. The van der Waals surface area contributed by atoms with Crippen LogP contribution in [-0.2, 0) is 5.41 Å². The molecule has 0 atom stereocenters. The van der Waals surface area contributed by atoms with Gasteiger partial charge in [0.15, 0.2) is 0 Å². The molecule has 0 aromatic carbocycles. The van der Waals surface area contributed by atoms with Gasteiger partial charge in [0.25, 0.3) is 0 Å². The van der Waals surface area contributed by atoms with E-state index in [1.807, 2.05) is 17.5 Å². The molecule has 2 rings (SSSR count). The van der Waals surface area contributed by atoms with Crippen molar-refractivity contribution in [1.82, 2.24) is 4.98 Å². The first kappa shape index (κ1) is 13.1. The maximum Gasteiger partial charge on any atom is 0.0986 e. The average molecular weight is 251 g/mol. The summed E-state index contributed by atoms with van der Waals surface area (Å²) in [6.45, 7) is 4.61. The third kappa shape index (κ3) is 3.54. The van der Waals surface area contributed by atoms with Crippen LogP contribution in [0, 0.1) is 6.92 Å². The summed E-state index contributed by atoms with van der Waals surface area (Å²) in [4.78, 5) is 6.02. The van der Waals surface area contributed by atoms with Crippen LogP contribution in [0.5, 0.6) is 0 Å². The van der Waals surface area contributed by atoms with E-state index in [-0.39, 0.29) is 0 Å². The molecule has 1 aromatic heterocycles. The van der Waals surface area contributed by atoms with Gasteiger partial charge in [-0.05, 0) is 19.8 Å². The van der Waals surface area contributed by atoms with Crippen molar-refractivity contribution in [3.05, 3.63) is 16.1 Å². The number of rotatable bonds is 1. The lowest BCUT2D eigenvalue weighted by Gasteiger charge is -2.28. The Morgan fingerprint density at radius 2 is 1.53 bits per heavy atom. The van der Waals surface area contributed by atoms with E-state index in [9.17, 15) is 0 Å². The Morgan fingerprint density at radius 1 is 1.00 bits per heavy atom. The van der Waals surface area contributed by atoms with Crippen LogP contribution in [0.2, 0.25) is 0 Å². The molecule has 1 fully saturated rings. The molecule has 2 heteroatoms. The van der Waals surface area contributed by atoms with E-state index in [0.29, 0.717) is 5.41 Å². The first-order valence-electron chi connectivity index (χ1n) is 7.14. The minimum absolute atomic E-state index is 0.357. The predicted molar refractivity (Wildman–Crippen MR) is 75.8 cm³/mol. The maximum absolute atomic E-state index is 4.66. The van der Waals surface area contributed by atoms with Crippen molar-refractivity contribution in [3.63, 3.8) is 0 Å². The molecule has 0 radical (unpaired) electrons. The molecule has 1 aliphatic rings. The van der Waals surface area contributed by atoms with Gasteiger partial charge in [-0.3, -0.25) is 0 Å². The Labute approximate surface area is 110 Å². The molecule has 0 N–H and O–H groups in total. The van der Waals surface area contributed by atoms with Gasteiger partial charge in [0, 0.05) is 16.5 Å². The monoisotopic (exact) mass is 251 g/mol. The third-order valence-electron chi connectivity index (χ3n) is 4.09. The zero-order valence-corrected chi connectivity index (χ0v) is 12.1.